The van der Waals surface area contributed by atoms with Crippen LogP contribution in [-0.4, -0.2) is 26.2 Å². The average molecular weight is 400 g/mol. The van der Waals surface area contributed by atoms with Gasteiger partial charge in [-0.1, -0.05) is 30.3 Å². The van der Waals surface area contributed by atoms with Crippen molar-refractivity contribution in [3.63, 3.8) is 0 Å². The summed E-state index contributed by atoms with van der Waals surface area (Å²) in [5.41, 5.74) is 4.37. The Bertz CT molecular complexity index is 916. The third-order valence-electron chi connectivity index (χ3n) is 4.33. The van der Waals surface area contributed by atoms with Gasteiger partial charge in [0.05, 0.1) is 5.69 Å². The Morgan fingerprint density at radius 2 is 1.92 bits per heavy atom. The van der Waals surface area contributed by atoms with Gasteiger partial charge in [0.25, 0.3) is 5.91 Å². The van der Waals surface area contributed by atoms with E-state index in [1.54, 1.807) is 0 Å². The first-order chi connectivity index (χ1) is 11.9. The summed E-state index contributed by atoms with van der Waals surface area (Å²) < 4.78 is 2.83. The monoisotopic (exact) mass is 399 g/mol. The number of fused-ring (bicyclic) bond motifs is 1. The first-order valence-corrected chi connectivity index (χ1v) is 9.17. The van der Waals surface area contributed by atoms with E-state index in [0.717, 1.165) is 26.9 Å². The minimum absolute atomic E-state index is 0.00125. The van der Waals surface area contributed by atoms with E-state index >= 15 is 0 Å². The smallest absolute Gasteiger partial charge is 0.273 e. The number of aryl methyl sites for hydroxylation is 2. The van der Waals surface area contributed by atoms with Crippen LogP contribution in [0.1, 0.15) is 41.2 Å². The molecule has 130 valence electrons. The van der Waals surface area contributed by atoms with Gasteiger partial charge in [-0.2, -0.15) is 0 Å². The zero-order valence-corrected chi connectivity index (χ0v) is 16.5. The molecule has 3 rings (SSSR count). The summed E-state index contributed by atoms with van der Waals surface area (Å²) in [5.74, 6) is 0.00125. The van der Waals surface area contributed by atoms with Crippen molar-refractivity contribution in [2.24, 2.45) is 0 Å². The highest BCUT2D eigenvalue weighted by Gasteiger charge is 2.25. The van der Waals surface area contributed by atoms with E-state index in [1.165, 1.54) is 0 Å². The molecule has 0 spiro atoms. The van der Waals surface area contributed by atoms with Gasteiger partial charge in [0.2, 0.25) is 0 Å². The SMILES string of the molecule is Cc1nc2c(C)cc(Br)cn2c1C(=O)N(Cc1ccccc1)C(C)C. The molecule has 0 saturated heterocycles. The zero-order chi connectivity index (χ0) is 18.1. The summed E-state index contributed by atoms with van der Waals surface area (Å²) in [4.78, 5) is 19.9. The molecule has 0 atom stereocenters. The second-order valence-corrected chi connectivity index (χ2v) is 7.51. The van der Waals surface area contributed by atoms with Crippen molar-refractivity contribution < 1.29 is 4.79 Å². The van der Waals surface area contributed by atoms with Gasteiger partial charge in [-0.05, 0) is 60.8 Å². The molecule has 2 aromatic heterocycles. The van der Waals surface area contributed by atoms with Crippen LogP contribution in [-0.2, 0) is 6.54 Å². The summed E-state index contributed by atoms with van der Waals surface area (Å²) >= 11 is 3.52. The molecule has 1 aromatic carbocycles. The second-order valence-electron chi connectivity index (χ2n) is 6.59. The summed E-state index contributed by atoms with van der Waals surface area (Å²) in [6.07, 6.45) is 1.91. The van der Waals surface area contributed by atoms with Gasteiger partial charge in [-0.25, -0.2) is 4.98 Å². The molecule has 0 unspecified atom stereocenters. The normalized spacial score (nSPS) is 11.3. The van der Waals surface area contributed by atoms with Crippen molar-refractivity contribution in [3.8, 4) is 0 Å². The van der Waals surface area contributed by atoms with Crippen LogP contribution in [0.4, 0.5) is 0 Å². The number of imidazole rings is 1. The topological polar surface area (TPSA) is 37.6 Å². The van der Waals surface area contributed by atoms with Crippen molar-refractivity contribution in [1.29, 1.82) is 0 Å². The molecule has 0 fully saturated rings. The van der Waals surface area contributed by atoms with E-state index in [9.17, 15) is 4.79 Å². The zero-order valence-electron chi connectivity index (χ0n) is 15.0. The Hall–Kier alpha value is -2.14. The minimum atomic E-state index is 0.00125. The van der Waals surface area contributed by atoms with Crippen LogP contribution in [0.25, 0.3) is 5.65 Å². The molecule has 0 radical (unpaired) electrons. The fraction of sp³-hybridized carbons (Fsp3) is 0.300. The molecule has 0 saturated carbocycles. The van der Waals surface area contributed by atoms with Gasteiger partial charge < -0.3 is 4.90 Å². The van der Waals surface area contributed by atoms with Crippen LogP contribution in [0.15, 0.2) is 47.1 Å². The molecule has 2 heterocycles. The van der Waals surface area contributed by atoms with Crippen molar-refractivity contribution >= 4 is 27.5 Å². The lowest BCUT2D eigenvalue weighted by Crippen LogP contribution is -2.37. The highest BCUT2D eigenvalue weighted by atomic mass is 79.9. The van der Waals surface area contributed by atoms with Gasteiger partial charge in [0.1, 0.15) is 11.3 Å². The number of carbonyl (C=O) groups is 1. The number of benzene rings is 1. The van der Waals surface area contributed by atoms with E-state index in [2.05, 4.69) is 20.9 Å². The molecular formula is C20H22BrN3O. The fourth-order valence-electron chi connectivity index (χ4n) is 3.04. The highest BCUT2D eigenvalue weighted by Crippen LogP contribution is 2.23. The predicted molar refractivity (Wildman–Crippen MR) is 104 cm³/mol. The average Bonchev–Trinajstić information content (AvgIpc) is 2.89. The Kier molecular flexibility index (Phi) is 4.95. The number of rotatable bonds is 4. The number of amides is 1. The summed E-state index contributed by atoms with van der Waals surface area (Å²) in [5, 5.41) is 0. The first kappa shape index (κ1) is 17.7. The van der Waals surface area contributed by atoms with Crippen LogP contribution in [0, 0.1) is 13.8 Å². The molecule has 3 aromatic rings. The molecule has 25 heavy (non-hydrogen) atoms. The standard InChI is InChI=1S/C20H22BrN3O/c1-13(2)23(11-16-8-6-5-7-9-16)20(25)18-15(4)22-19-14(3)10-17(21)12-24(18)19/h5-10,12-13H,11H2,1-4H3. The lowest BCUT2D eigenvalue weighted by atomic mass is 10.1. The number of aromatic nitrogens is 2. The van der Waals surface area contributed by atoms with Gasteiger partial charge in [0, 0.05) is 23.3 Å². The van der Waals surface area contributed by atoms with Crippen LogP contribution in [0.3, 0.4) is 0 Å². The number of pyridine rings is 1. The van der Waals surface area contributed by atoms with E-state index < -0.39 is 0 Å². The second kappa shape index (κ2) is 7.00. The molecular weight excluding hydrogens is 378 g/mol. The third kappa shape index (κ3) is 3.47. The Morgan fingerprint density at radius 1 is 1.24 bits per heavy atom. The van der Waals surface area contributed by atoms with Gasteiger partial charge in [-0.15, -0.1) is 0 Å². The quantitative estimate of drug-likeness (QED) is 0.633. The van der Waals surface area contributed by atoms with Gasteiger partial charge in [0.15, 0.2) is 0 Å². The first-order valence-electron chi connectivity index (χ1n) is 8.38. The highest BCUT2D eigenvalue weighted by molar-refractivity contribution is 9.10. The molecule has 5 heteroatoms. The van der Waals surface area contributed by atoms with Crippen LogP contribution >= 0.6 is 15.9 Å². The summed E-state index contributed by atoms with van der Waals surface area (Å²) in [6.45, 7) is 8.57. The summed E-state index contributed by atoms with van der Waals surface area (Å²) in [6, 6.07) is 12.2. The number of nitrogens with zero attached hydrogens (tertiary/aromatic N) is 3. The maximum atomic E-state index is 13.4. The Morgan fingerprint density at radius 3 is 2.56 bits per heavy atom. The van der Waals surface area contributed by atoms with Crippen LogP contribution < -0.4 is 0 Å². The predicted octanol–water partition coefficient (Wildman–Crippen LogP) is 4.76. The number of hydrogen-bond donors (Lipinski definition) is 0. The molecule has 1 amide bonds. The van der Waals surface area contributed by atoms with Crippen molar-refractivity contribution in [2.45, 2.75) is 40.3 Å². The van der Waals surface area contributed by atoms with E-state index in [4.69, 9.17) is 0 Å². The maximum absolute atomic E-state index is 13.4. The maximum Gasteiger partial charge on any atom is 0.273 e. The number of carbonyl (C=O) groups excluding carboxylic acids is 1. The number of hydrogen-bond acceptors (Lipinski definition) is 2. The summed E-state index contributed by atoms with van der Waals surface area (Å²) in [7, 11) is 0. The van der Waals surface area contributed by atoms with Crippen molar-refractivity contribution in [3.05, 3.63) is 69.6 Å². The molecule has 0 aliphatic heterocycles. The lowest BCUT2D eigenvalue weighted by molar-refractivity contribution is 0.0682. The molecule has 0 bridgehead atoms. The molecule has 0 aliphatic rings. The number of halogens is 1. The van der Waals surface area contributed by atoms with E-state index in [-0.39, 0.29) is 11.9 Å². The Balaban J connectivity index is 2.06. The van der Waals surface area contributed by atoms with Gasteiger partial charge in [-0.3, -0.25) is 9.20 Å². The fourth-order valence-corrected chi connectivity index (χ4v) is 3.59. The van der Waals surface area contributed by atoms with E-state index in [1.807, 2.05) is 79.6 Å². The molecule has 0 aliphatic carbocycles. The molecule has 4 nitrogen and oxygen atoms in total. The third-order valence-corrected chi connectivity index (χ3v) is 4.76. The van der Waals surface area contributed by atoms with Crippen molar-refractivity contribution in [1.82, 2.24) is 14.3 Å². The Labute approximate surface area is 156 Å². The minimum Gasteiger partial charge on any atom is -0.331 e. The largest absolute Gasteiger partial charge is 0.331 e. The van der Waals surface area contributed by atoms with E-state index in [0.29, 0.717) is 12.2 Å². The molecule has 0 N–H and O–H groups in total. The van der Waals surface area contributed by atoms with Crippen LogP contribution in [0.5, 0.6) is 0 Å². The van der Waals surface area contributed by atoms with Crippen LogP contribution in [0.2, 0.25) is 0 Å². The van der Waals surface area contributed by atoms with Gasteiger partial charge >= 0.3 is 0 Å². The van der Waals surface area contributed by atoms with Crippen molar-refractivity contribution in [2.75, 3.05) is 0 Å². The lowest BCUT2D eigenvalue weighted by Gasteiger charge is -2.27.